The lowest BCUT2D eigenvalue weighted by atomic mass is 10.1. The number of hydrogen-bond acceptors (Lipinski definition) is 3. The molecule has 94 valence electrons. The van der Waals surface area contributed by atoms with Crippen LogP contribution in [-0.2, 0) is 10.8 Å². The SMILES string of the molecule is COc1ccc(C2CS(=O)C(C)CN2)cc1F. The first-order valence-corrected chi connectivity index (χ1v) is 6.94. The number of ether oxygens (including phenoxy) is 1. The molecule has 0 aliphatic carbocycles. The minimum Gasteiger partial charge on any atom is -0.494 e. The fraction of sp³-hybridized carbons (Fsp3) is 0.500. The van der Waals surface area contributed by atoms with Crippen molar-refractivity contribution in [2.45, 2.75) is 18.2 Å². The summed E-state index contributed by atoms with van der Waals surface area (Å²) in [7, 11) is 0.593. The van der Waals surface area contributed by atoms with E-state index in [9.17, 15) is 8.60 Å². The molecule has 3 atom stereocenters. The molecule has 1 N–H and O–H groups in total. The van der Waals surface area contributed by atoms with Gasteiger partial charge in [-0.25, -0.2) is 4.39 Å². The standard InChI is InChI=1S/C12H16FNO2S/c1-8-6-14-11(7-17(8)15)9-3-4-12(16-2)10(13)5-9/h3-5,8,11,14H,6-7H2,1-2H3. The topological polar surface area (TPSA) is 38.3 Å². The Labute approximate surface area is 103 Å². The van der Waals surface area contributed by atoms with Crippen LogP contribution in [-0.4, -0.2) is 28.9 Å². The third kappa shape index (κ3) is 2.66. The van der Waals surface area contributed by atoms with Crippen LogP contribution in [0.2, 0.25) is 0 Å². The molecule has 5 heteroatoms. The van der Waals surface area contributed by atoms with Crippen molar-refractivity contribution < 1.29 is 13.3 Å². The van der Waals surface area contributed by atoms with Crippen LogP contribution in [0.3, 0.4) is 0 Å². The van der Waals surface area contributed by atoms with Gasteiger partial charge in [-0.2, -0.15) is 0 Å². The fourth-order valence-electron chi connectivity index (χ4n) is 1.90. The summed E-state index contributed by atoms with van der Waals surface area (Å²) in [6.07, 6.45) is 0. The molecule has 1 fully saturated rings. The first-order chi connectivity index (χ1) is 8.11. The molecule has 1 heterocycles. The molecule has 1 aliphatic heterocycles. The molecule has 0 bridgehead atoms. The lowest BCUT2D eigenvalue weighted by Gasteiger charge is -2.27. The number of halogens is 1. The van der Waals surface area contributed by atoms with Gasteiger partial charge in [-0.15, -0.1) is 0 Å². The lowest BCUT2D eigenvalue weighted by molar-refractivity contribution is 0.385. The lowest BCUT2D eigenvalue weighted by Crippen LogP contribution is -2.41. The van der Waals surface area contributed by atoms with Crippen molar-refractivity contribution in [3.8, 4) is 5.75 Å². The summed E-state index contributed by atoms with van der Waals surface area (Å²) in [5.41, 5.74) is 0.823. The van der Waals surface area contributed by atoms with Gasteiger partial charge in [0.05, 0.1) is 7.11 Å². The second-order valence-corrected chi connectivity index (χ2v) is 6.11. The van der Waals surface area contributed by atoms with E-state index in [1.165, 1.54) is 13.2 Å². The van der Waals surface area contributed by atoms with E-state index < -0.39 is 10.8 Å². The van der Waals surface area contributed by atoms with Crippen LogP contribution in [0.5, 0.6) is 5.75 Å². The maximum atomic E-state index is 13.6. The average Bonchev–Trinajstić information content (AvgIpc) is 2.32. The summed E-state index contributed by atoms with van der Waals surface area (Å²) in [5.74, 6) is 0.391. The van der Waals surface area contributed by atoms with E-state index in [-0.39, 0.29) is 22.9 Å². The van der Waals surface area contributed by atoms with E-state index in [0.29, 0.717) is 12.3 Å². The molecule has 1 aromatic carbocycles. The highest BCUT2D eigenvalue weighted by atomic mass is 32.2. The van der Waals surface area contributed by atoms with Crippen molar-refractivity contribution in [1.29, 1.82) is 0 Å². The van der Waals surface area contributed by atoms with Crippen LogP contribution in [0.25, 0.3) is 0 Å². The van der Waals surface area contributed by atoms with Crippen molar-refractivity contribution in [2.75, 3.05) is 19.4 Å². The predicted molar refractivity (Wildman–Crippen MR) is 66.2 cm³/mol. The molecule has 17 heavy (non-hydrogen) atoms. The van der Waals surface area contributed by atoms with Crippen molar-refractivity contribution in [3.05, 3.63) is 29.6 Å². The van der Waals surface area contributed by atoms with Gasteiger partial charge in [0, 0.05) is 34.4 Å². The Morgan fingerprint density at radius 3 is 2.88 bits per heavy atom. The van der Waals surface area contributed by atoms with Gasteiger partial charge in [0.2, 0.25) is 0 Å². The van der Waals surface area contributed by atoms with Crippen LogP contribution < -0.4 is 10.1 Å². The van der Waals surface area contributed by atoms with Crippen molar-refractivity contribution in [3.63, 3.8) is 0 Å². The normalized spacial score (nSPS) is 29.0. The maximum Gasteiger partial charge on any atom is 0.165 e. The van der Waals surface area contributed by atoms with E-state index >= 15 is 0 Å². The molecule has 1 aliphatic rings. The average molecular weight is 257 g/mol. The molecule has 0 amide bonds. The smallest absolute Gasteiger partial charge is 0.165 e. The predicted octanol–water partition coefficient (Wildman–Crippen LogP) is 1.62. The molecule has 1 aromatic rings. The van der Waals surface area contributed by atoms with Crippen molar-refractivity contribution >= 4 is 10.8 Å². The van der Waals surface area contributed by atoms with Gasteiger partial charge in [-0.1, -0.05) is 6.07 Å². The number of benzene rings is 1. The third-order valence-corrected chi connectivity index (χ3v) is 4.74. The number of nitrogens with one attached hydrogen (secondary N) is 1. The Morgan fingerprint density at radius 1 is 1.53 bits per heavy atom. The molecule has 1 saturated heterocycles. The first kappa shape index (κ1) is 12.5. The van der Waals surface area contributed by atoms with Crippen molar-refractivity contribution in [2.24, 2.45) is 0 Å². The molecule has 3 unspecified atom stereocenters. The van der Waals surface area contributed by atoms with Gasteiger partial charge in [0.15, 0.2) is 11.6 Å². The van der Waals surface area contributed by atoms with E-state index in [1.54, 1.807) is 6.07 Å². The van der Waals surface area contributed by atoms with Gasteiger partial charge in [-0.3, -0.25) is 4.21 Å². The largest absolute Gasteiger partial charge is 0.494 e. The molecule has 0 saturated carbocycles. The molecular formula is C12H16FNO2S. The van der Waals surface area contributed by atoms with Crippen molar-refractivity contribution in [1.82, 2.24) is 5.32 Å². The van der Waals surface area contributed by atoms with E-state index in [4.69, 9.17) is 4.74 Å². The zero-order valence-corrected chi connectivity index (χ0v) is 10.7. The molecule has 3 nitrogen and oxygen atoms in total. The summed E-state index contributed by atoms with van der Waals surface area (Å²) < 4.78 is 30.2. The van der Waals surface area contributed by atoms with Crippen LogP contribution in [0.1, 0.15) is 18.5 Å². The molecule has 0 radical (unpaired) electrons. The van der Waals surface area contributed by atoms with Gasteiger partial charge in [0.1, 0.15) is 0 Å². The Hall–Kier alpha value is -0.940. The molecule has 2 rings (SSSR count). The molecular weight excluding hydrogens is 241 g/mol. The van der Waals surface area contributed by atoms with Crippen LogP contribution in [0.4, 0.5) is 4.39 Å². The van der Waals surface area contributed by atoms with E-state index in [0.717, 1.165) is 5.56 Å². The number of hydrogen-bond donors (Lipinski definition) is 1. The minimum absolute atomic E-state index is 0.0348. The van der Waals surface area contributed by atoms with Crippen LogP contribution >= 0.6 is 0 Å². The minimum atomic E-state index is -0.845. The zero-order valence-electron chi connectivity index (χ0n) is 9.90. The van der Waals surface area contributed by atoms with E-state index in [1.807, 2.05) is 13.0 Å². The summed E-state index contributed by atoms with van der Waals surface area (Å²) in [4.78, 5) is 0. The highest BCUT2D eigenvalue weighted by molar-refractivity contribution is 7.85. The maximum absolute atomic E-state index is 13.6. The highest BCUT2D eigenvalue weighted by Crippen LogP contribution is 2.24. The Kier molecular flexibility index (Phi) is 3.79. The zero-order chi connectivity index (χ0) is 12.4. The highest BCUT2D eigenvalue weighted by Gasteiger charge is 2.25. The Bertz CT molecular complexity index is 439. The van der Waals surface area contributed by atoms with Gasteiger partial charge >= 0.3 is 0 Å². The fourth-order valence-corrected chi connectivity index (χ4v) is 3.15. The Balaban J connectivity index is 2.18. The third-order valence-electron chi connectivity index (χ3n) is 3.01. The number of methoxy groups -OCH3 is 1. The summed E-state index contributed by atoms with van der Waals surface area (Å²) in [5, 5.41) is 3.44. The quantitative estimate of drug-likeness (QED) is 0.875. The van der Waals surface area contributed by atoms with Gasteiger partial charge < -0.3 is 10.1 Å². The molecule has 0 spiro atoms. The number of rotatable bonds is 2. The van der Waals surface area contributed by atoms with Gasteiger partial charge in [-0.05, 0) is 24.6 Å². The summed E-state index contributed by atoms with van der Waals surface area (Å²) >= 11 is 0. The summed E-state index contributed by atoms with van der Waals surface area (Å²) in [6, 6.07) is 4.83. The summed E-state index contributed by atoms with van der Waals surface area (Å²) in [6.45, 7) is 2.65. The molecule has 0 aromatic heterocycles. The monoisotopic (exact) mass is 257 g/mol. The van der Waals surface area contributed by atoms with Crippen LogP contribution in [0, 0.1) is 5.82 Å². The second-order valence-electron chi connectivity index (χ2n) is 4.21. The Morgan fingerprint density at radius 2 is 2.29 bits per heavy atom. The second kappa shape index (κ2) is 5.14. The van der Waals surface area contributed by atoms with E-state index in [2.05, 4.69) is 5.32 Å². The first-order valence-electron chi connectivity index (χ1n) is 5.56. The van der Waals surface area contributed by atoms with Gasteiger partial charge in [0.25, 0.3) is 0 Å². The van der Waals surface area contributed by atoms with Crippen LogP contribution in [0.15, 0.2) is 18.2 Å².